The number of hydrogen-bond donors (Lipinski definition) is 2. The normalized spacial score (nSPS) is 9.82. The zero-order valence-electron chi connectivity index (χ0n) is 8.60. The van der Waals surface area contributed by atoms with Crippen LogP contribution >= 0.6 is 39.1 Å². The summed E-state index contributed by atoms with van der Waals surface area (Å²) in [5.74, 6) is -0.274. The molecule has 0 unspecified atom stereocenters. The third-order valence-corrected chi connectivity index (χ3v) is 2.75. The molecule has 0 saturated carbocycles. The molecule has 2 N–H and O–H groups in total. The molecule has 0 bridgehead atoms. The minimum absolute atomic E-state index is 0.0864. The average molecular weight is 340 g/mol. The van der Waals surface area contributed by atoms with Gasteiger partial charge in [-0.25, -0.2) is 4.79 Å². The maximum atomic E-state index is 11.4. The van der Waals surface area contributed by atoms with Crippen LogP contribution in [0.1, 0.15) is 6.42 Å². The number of hydrogen-bond acceptors (Lipinski definition) is 2. The Kier molecular flexibility index (Phi) is 5.74. The molecule has 0 heterocycles. The number of carbonyl (C=O) groups excluding carboxylic acids is 2. The standard InChI is InChI=1S/C10H9BrCl2N2O2/c11-6-1-2-8(7(13)5-6)14-10(17)15-9(16)3-4-12/h1-2,5H,3-4H2,(H2,14,15,16,17). The van der Waals surface area contributed by atoms with E-state index in [2.05, 4.69) is 26.6 Å². The Morgan fingerprint density at radius 1 is 1.35 bits per heavy atom. The number of alkyl halides is 1. The molecule has 92 valence electrons. The van der Waals surface area contributed by atoms with Crippen molar-refractivity contribution in [3.05, 3.63) is 27.7 Å². The second-order valence-corrected chi connectivity index (χ2v) is 4.77. The second kappa shape index (κ2) is 6.83. The van der Waals surface area contributed by atoms with Gasteiger partial charge in [-0.2, -0.15) is 0 Å². The van der Waals surface area contributed by atoms with Crippen LogP contribution in [-0.4, -0.2) is 17.8 Å². The van der Waals surface area contributed by atoms with Gasteiger partial charge in [-0.05, 0) is 18.2 Å². The highest BCUT2D eigenvalue weighted by Crippen LogP contribution is 2.25. The first-order valence-corrected chi connectivity index (χ1v) is 6.35. The lowest BCUT2D eigenvalue weighted by atomic mass is 10.3. The van der Waals surface area contributed by atoms with Gasteiger partial charge in [0.25, 0.3) is 0 Å². The highest BCUT2D eigenvalue weighted by molar-refractivity contribution is 9.10. The summed E-state index contributed by atoms with van der Waals surface area (Å²) in [6, 6.07) is 4.35. The Morgan fingerprint density at radius 3 is 2.65 bits per heavy atom. The number of amides is 3. The molecule has 7 heteroatoms. The Balaban J connectivity index is 2.59. The molecule has 3 amide bonds. The van der Waals surface area contributed by atoms with Crippen LogP contribution in [0.2, 0.25) is 5.02 Å². The molecule has 0 radical (unpaired) electrons. The summed E-state index contributed by atoms with van der Waals surface area (Å²) in [6.45, 7) is 0. The summed E-state index contributed by atoms with van der Waals surface area (Å²) in [4.78, 5) is 22.5. The third-order valence-electron chi connectivity index (χ3n) is 1.75. The number of rotatable bonds is 3. The van der Waals surface area contributed by atoms with E-state index < -0.39 is 11.9 Å². The van der Waals surface area contributed by atoms with Gasteiger partial charge in [-0.1, -0.05) is 27.5 Å². The van der Waals surface area contributed by atoms with Gasteiger partial charge in [0.1, 0.15) is 0 Å². The average Bonchev–Trinajstić information content (AvgIpc) is 2.22. The van der Waals surface area contributed by atoms with Gasteiger partial charge >= 0.3 is 6.03 Å². The van der Waals surface area contributed by atoms with Gasteiger partial charge in [0.15, 0.2) is 0 Å². The van der Waals surface area contributed by atoms with Crippen LogP contribution in [0.25, 0.3) is 0 Å². The van der Waals surface area contributed by atoms with Gasteiger partial charge in [0.05, 0.1) is 10.7 Å². The summed E-state index contributed by atoms with van der Waals surface area (Å²) < 4.78 is 0.798. The first-order chi connectivity index (χ1) is 8.02. The molecule has 0 aliphatic rings. The van der Waals surface area contributed by atoms with Gasteiger partial charge in [-0.3, -0.25) is 10.1 Å². The Labute approximate surface area is 117 Å². The van der Waals surface area contributed by atoms with Gasteiger partial charge in [0.2, 0.25) is 5.91 Å². The third kappa shape index (κ3) is 4.93. The van der Waals surface area contributed by atoms with Gasteiger partial charge < -0.3 is 5.32 Å². The van der Waals surface area contributed by atoms with Crippen molar-refractivity contribution in [3.63, 3.8) is 0 Å². The highest BCUT2D eigenvalue weighted by atomic mass is 79.9. The summed E-state index contributed by atoms with van der Waals surface area (Å²) in [5.41, 5.74) is 0.422. The van der Waals surface area contributed by atoms with E-state index in [9.17, 15) is 9.59 Å². The summed E-state index contributed by atoms with van der Waals surface area (Å²) in [6.07, 6.45) is 0.0864. The molecule has 0 saturated heterocycles. The second-order valence-electron chi connectivity index (χ2n) is 3.07. The Hall–Kier alpha value is -0.780. The van der Waals surface area contributed by atoms with Crippen molar-refractivity contribution >= 4 is 56.8 Å². The van der Waals surface area contributed by atoms with Crippen LogP contribution in [0.4, 0.5) is 10.5 Å². The maximum Gasteiger partial charge on any atom is 0.325 e. The van der Waals surface area contributed by atoms with Crippen LogP contribution in [0.5, 0.6) is 0 Å². The van der Waals surface area contributed by atoms with Crippen LogP contribution in [-0.2, 0) is 4.79 Å². The van der Waals surface area contributed by atoms with Crippen LogP contribution in [0.15, 0.2) is 22.7 Å². The van der Waals surface area contributed by atoms with E-state index in [-0.39, 0.29) is 12.3 Å². The van der Waals surface area contributed by atoms with Crippen molar-refractivity contribution in [2.75, 3.05) is 11.2 Å². The van der Waals surface area contributed by atoms with E-state index in [1.807, 2.05) is 0 Å². The molecule has 17 heavy (non-hydrogen) atoms. The van der Waals surface area contributed by atoms with E-state index in [1.165, 1.54) is 0 Å². The lowest BCUT2D eigenvalue weighted by Crippen LogP contribution is -2.34. The highest BCUT2D eigenvalue weighted by Gasteiger charge is 2.09. The zero-order valence-corrected chi connectivity index (χ0v) is 11.7. The van der Waals surface area contributed by atoms with Crippen LogP contribution < -0.4 is 10.6 Å². The summed E-state index contributed by atoms with van der Waals surface area (Å²) in [7, 11) is 0. The molecule has 0 fully saturated rings. The van der Waals surface area contributed by atoms with Crippen molar-refractivity contribution in [1.29, 1.82) is 0 Å². The molecule has 0 aliphatic carbocycles. The van der Waals surface area contributed by atoms with E-state index in [0.29, 0.717) is 10.7 Å². The molecular weight excluding hydrogens is 331 g/mol. The molecular formula is C10H9BrCl2N2O2. The van der Waals surface area contributed by atoms with Gasteiger partial charge in [0, 0.05) is 16.8 Å². The van der Waals surface area contributed by atoms with Crippen LogP contribution in [0, 0.1) is 0 Å². The maximum absolute atomic E-state index is 11.4. The van der Waals surface area contributed by atoms with Crippen molar-refractivity contribution in [2.24, 2.45) is 0 Å². The molecule has 0 aromatic heterocycles. The Morgan fingerprint density at radius 2 is 2.06 bits per heavy atom. The van der Waals surface area contributed by atoms with Crippen molar-refractivity contribution in [2.45, 2.75) is 6.42 Å². The molecule has 1 aromatic carbocycles. The first kappa shape index (κ1) is 14.3. The topological polar surface area (TPSA) is 58.2 Å². The smallest absolute Gasteiger partial charge is 0.306 e. The predicted octanol–water partition coefficient (Wildman–Crippen LogP) is 3.38. The number of halogens is 3. The van der Waals surface area contributed by atoms with E-state index in [4.69, 9.17) is 23.2 Å². The number of benzene rings is 1. The molecule has 1 aromatic rings. The molecule has 1 rings (SSSR count). The quantitative estimate of drug-likeness (QED) is 0.829. The number of carbonyl (C=O) groups is 2. The van der Waals surface area contributed by atoms with E-state index in [0.717, 1.165) is 4.47 Å². The number of nitrogens with one attached hydrogen (secondary N) is 2. The molecule has 0 atom stereocenters. The fraction of sp³-hybridized carbons (Fsp3) is 0.200. The summed E-state index contributed by atoms with van der Waals surface area (Å²) in [5, 5.41) is 4.96. The largest absolute Gasteiger partial charge is 0.325 e. The summed E-state index contributed by atoms with van der Waals surface area (Å²) >= 11 is 14.5. The Bertz CT molecular complexity index is 440. The van der Waals surface area contributed by atoms with Crippen molar-refractivity contribution in [1.82, 2.24) is 5.32 Å². The molecule has 0 aliphatic heterocycles. The minimum atomic E-state index is -0.635. The molecule has 0 spiro atoms. The fourth-order valence-corrected chi connectivity index (χ4v) is 1.91. The SMILES string of the molecule is O=C(CCCl)NC(=O)Nc1ccc(Br)cc1Cl. The predicted molar refractivity (Wildman–Crippen MR) is 71.7 cm³/mol. The fourth-order valence-electron chi connectivity index (χ4n) is 1.02. The van der Waals surface area contributed by atoms with Gasteiger partial charge in [-0.15, -0.1) is 11.6 Å². The lowest BCUT2D eigenvalue weighted by Gasteiger charge is -2.07. The van der Waals surface area contributed by atoms with Crippen LogP contribution in [0.3, 0.4) is 0 Å². The lowest BCUT2D eigenvalue weighted by molar-refractivity contribution is -0.119. The number of imide groups is 1. The first-order valence-electron chi connectivity index (χ1n) is 4.65. The van der Waals surface area contributed by atoms with Crippen molar-refractivity contribution < 1.29 is 9.59 Å². The van der Waals surface area contributed by atoms with Crippen molar-refractivity contribution in [3.8, 4) is 0 Å². The number of urea groups is 1. The minimum Gasteiger partial charge on any atom is -0.306 e. The number of anilines is 1. The van der Waals surface area contributed by atoms with E-state index >= 15 is 0 Å². The zero-order chi connectivity index (χ0) is 12.8. The van der Waals surface area contributed by atoms with E-state index in [1.54, 1.807) is 18.2 Å². The molecule has 4 nitrogen and oxygen atoms in total. The monoisotopic (exact) mass is 338 g/mol.